The number of nitrogens with two attached hydrogens (primary N) is 1. The zero-order valence-electron chi connectivity index (χ0n) is 7.20. The van der Waals surface area contributed by atoms with Gasteiger partial charge in [0.1, 0.15) is 5.69 Å². The van der Waals surface area contributed by atoms with Gasteiger partial charge in [0.25, 0.3) is 0 Å². The predicted octanol–water partition coefficient (Wildman–Crippen LogP) is -0.729. The van der Waals surface area contributed by atoms with Gasteiger partial charge in [-0.2, -0.15) is 0 Å². The maximum atomic E-state index is 11.1. The van der Waals surface area contributed by atoms with E-state index >= 15 is 0 Å². The molecule has 0 fully saturated rings. The summed E-state index contributed by atoms with van der Waals surface area (Å²) in [6, 6.07) is 0. The largest absolute Gasteiger partial charge is 0.381 e. The van der Waals surface area contributed by atoms with Gasteiger partial charge in [0.2, 0.25) is 0 Å². The van der Waals surface area contributed by atoms with Gasteiger partial charge in [0.15, 0.2) is 11.7 Å². The molecule has 14 heavy (non-hydrogen) atoms. The van der Waals surface area contributed by atoms with E-state index in [1.807, 2.05) is 4.98 Å². The van der Waals surface area contributed by atoms with Crippen LogP contribution < -0.4 is 11.3 Å². The molecule has 0 aliphatic rings. The summed E-state index contributed by atoms with van der Waals surface area (Å²) in [4.78, 5) is 26.3. The monoisotopic (exact) mass is 197 g/mol. The highest BCUT2D eigenvalue weighted by Crippen LogP contribution is 2.07. The molecular weight excluding hydrogens is 190 g/mol. The minimum atomic E-state index is -0.910. The molecule has 0 bridgehead atoms. The van der Waals surface area contributed by atoms with Crippen molar-refractivity contribution in [2.75, 3.05) is 0 Å². The molecule has 8 heteroatoms. The van der Waals surface area contributed by atoms with Crippen molar-refractivity contribution in [1.82, 2.24) is 9.97 Å². The summed E-state index contributed by atoms with van der Waals surface area (Å²) >= 11 is 0. The Morgan fingerprint density at radius 2 is 2.29 bits per heavy atom. The number of rotatable bonds is 2. The van der Waals surface area contributed by atoms with E-state index in [-0.39, 0.29) is 11.5 Å². The van der Waals surface area contributed by atoms with E-state index in [0.29, 0.717) is 0 Å². The van der Waals surface area contributed by atoms with Crippen LogP contribution in [0.15, 0.2) is 4.79 Å². The molecule has 0 radical (unpaired) electrons. The first kappa shape index (κ1) is 9.84. The molecule has 0 saturated heterocycles. The molecule has 4 N–H and O–H groups in total. The maximum absolute atomic E-state index is 11.1. The first-order valence-electron chi connectivity index (χ1n) is 3.53. The van der Waals surface area contributed by atoms with Crippen LogP contribution in [0.4, 0.5) is 5.69 Å². The van der Waals surface area contributed by atoms with E-state index in [0.717, 1.165) is 0 Å². The van der Waals surface area contributed by atoms with Gasteiger partial charge in [-0.3, -0.25) is 25.3 Å². The van der Waals surface area contributed by atoms with Crippen molar-refractivity contribution in [3.05, 3.63) is 32.0 Å². The van der Waals surface area contributed by atoms with Gasteiger partial charge in [-0.1, -0.05) is 0 Å². The molecule has 1 aromatic rings. The molecule has 1 heterocycles. The number of hydrogen-bond acceptors (Lipinski definition) is 5. The zero-order chi connectivity index (χ0) is 10.9. The SMILES string of the molecule is Cc1nc(C(=N)N)[nH]c(=O)c1[N+](=O)[O-]. The second-order valence-electron chi connectivity index (χ2n) is 2.52. The summed E-state index contributed by atoms with van der Waals surface area (Å²) in [7, 11) is 0. The van der Waals surface area contributed by atoms with Crippen LogP contribution in [0.5, 0.6) is 0 Å². The third-order valence-electron chi connectivity index (χ3n) is 1.51. The molecule has 74 valence electrons. The number of nitrogens with zero attached hydrogens (tertiary/aromatic N) is 2. The number of H-pyrrole nitrogens is 1. The fourth-order valence-corrected chi connectivity index (χ4v) is 0.922. The fourth-order valence-electron chi connectivity index (χ4n) is 0.922. The van der Waals surface area contributed by atoms with Crippen LogP contribution in [0.1, 0.15) is 11.5 Å². The topological polar surface area (TPSA) is 139 Å². The predicted molar refractivity (Wildman–Crippen MR) is 47.3 cm³/mol. The van der Waals surface area contributed by atoms with Crippen molar-refractivity contribution < 1.29 is 4.92 Å². The van der Waals surface area contributed by atoms with Crippen LogP contribution in [-0.4, -0.2) is 20.7 Å². The molecule has 1 aromatic heterocycles. The van der Waals surface area contributed by atoms with Gasteiger partial charge in [-0.25, -0.2) is 4.98 Å². The lowest BCUT2D eigenvalue weighted by atomic mass is 10.3. The molecular formula is C6H7N5O3. The lowest BCUT2D eigenvalue weighted by molar-refractivity contribution is -0.387. The Labute approximate surface area is 77.4 Å². The summed E-state index contributed by atoms with van der Waals surface area (Å²) in [5.41, 5.74) is 3.45. The van der Waals surface area contributed by atoms with Crippen molar-refractivity contribution in [3.8, 4) is 0 Å². The molecule has 0 aliphatic heterocycles. The Kier molecular flexibility index (Phi) is 2.28. The van der Waals surface area contributed by atoms with E-state index in [9.17, 15) is 14.9 Å². The summed E-state index contributed by atoms with van der Waals surface area (Å²) in [5, 5.41) is 17.4. The van der Waals surface area contributed by atoms with Crippen LogP contribution >= 0.6 is 0 Å². The highest BCUT2D eigenvalue weighted by atomic mass is 16.6. The smallest absolute Gasteiger partial charge is 0.354 e. The van der Waals surface area contributed by atoms with E-state index in [2.05, 4.69) is 4.98 Å². The number of nitro groups is 1. The molecule has 0 aliphatic carbocycles. The number of aromatic nitrogens is 2. The number of hydrogen-bond donors (Lipinski definition) is 3. The molecule has 0 saturated carbocycles. The highest BCUT2D eigenvalue weighted by molar-refractivity contribution is 5.91. The second kappa shape index (κ2) is 3.24. The van der Waals surface area contributed by atoms with E-state index in [4.69, 9.17) is 11.1 Å². The maximum Gasteiger partial charge on any atom is 0.354 e. The molecule has 0 aromatic carbocycles. The third kappa shape index (κ3) is 1.58. The van der Waals surface area contributed by atoms with Crippen molar-refractivity contribution in [1.29, 1.82) is 5.41 Å². The first-order valence-corrected chi connectivity index (χ1v) is 3.53. The number of aryl methyl sites for hydroxylation is 1. The lowest BCUT2D eigenvalue weighted by Gasteiger charge is -1.99. The van der Waals surface area contributed by atoms with Gasteiger partial charge < -0.3 is 5.73 Å². The summed E-state index contributed by atoms with van der Waals surface area (Å²) < 4.78 is 0. The van der Waals surface area contributed by atoms with Crippen LogP contribution in [0.3, 0.4) is 0 Å². The zero-order valence-corrected chi connectivity index (χ0v) is 7.20. The van der Waals surface area contributed by atoms with Crippen molar-refractivity contribution in [3.63, 3.8) is 0 Å². The minimum Gasteiger partial charge on any atom is -0.381 e. The normalized spacial score (nSPS) is 9.79. The quantitative estimate of drug-likeness (QED) is 0.248. The second-order valence-corrected chi connectivity index (χ2v) is 2.52. The average molecular weight is 197 g/mol. The molecule has 0 amide bonds. The van der Waals surface area contributed by atoms with Crippen molar-refractivity contribution in [2.45, 2.75) is 6.92 Å². The summed E-state index contributed by atoms with van der Waals surface area (Å²) in [6.07, 6.45) is 0. The third-order valence-corrected chi connectivity index (χ3v) is 1.51. The Bertz CT molecular complexity index is 463. The van der Waals surface area contributed by atoms with Crippen LogP contribution in [-0.2, 0) is 0 Å². The Morgan fingerprint density at radius 1 is 1.71 bits per heavy atom. The average Bonchev–Trinajstić information content (AvgIpc) is 2.01. The van der Waals surface area contributed by atoms with Crippen molar-refractivity contribution >= 4 is 11.5 Å². The Morgan fingerprint density at radius 3 is 2.64 bits per heavy atom. The standard InChI is InChI=1S/C6H7N5O3/c1-2-3(11(13)14)6(12)10-5(9-2)4(7)8/h1H3,(H3,7,8)(H,9,10,12). The molecule has 0 atom stereocenters. The van der Waals surface area contributed by atoms with Crippen molar-refractivity contribution in [2.24, 2.45) is 5.73 Å². The number of amidine groups is 1. The summed E-state index contributed by atoms with van der Waals surface area (Å²) in [6.45, 7) is 1.31. The van der Waals surface area contributed by atoms with Gasteiger partial charge in [-0.05, 0) is 6.92 Å². The number of aromatic amines is 1. The van der Waals surface area contributed by atoms with Gasteiger partial charge in [-0.15, -0.1) is 0 Å². The number of nitrogen functional groups attached to an aromatic ring is 1. The Balaban J connectivity index is 3.48. The van der Waals surface area contributed by atoms with E-state index in [1.165, 1.54) is 6.92 Å². The summed E-state index contributed by atoms with van der Waals surface area (Å²) in [5.74, 6) is -0.613. The molecule has 1 rings (SSSR count). The van der Waals surface area contributed by atoms with Crippen LogP contribution in [0, 0.1) is 22.4 Å². The molecule has 0 spiro atoms. The fraction of sp³-hybridized carbons (Fsp3) is 0.167. The molecule has 0 unspecified atom stereocenters. The molecule has 8 nitrogen and oxygen atoms in total. The lowest BCUT2D eigenvalue weighted by Crippen LogP contribution is -2.23. The van der Waals surface area contributed by atoms with Gasteiger partial charge in [0, 0.05) is 0 Å². The van der Waals surface area contributed by atoms with E-state index < -0.39 is 22.0 Å². The van der Waals surface area contributed by atoms with Crippen LogP contribution in [0.2, 0.25) is 0 Å². The first-order chi connectivity index (χ1) is 6.43. The van der Waals surface area contributed by atoms with E-state index in [1.54, 1.807) is 0 Å². The Hall–Kier alpha value is -2.25. The highest BCUT2D eigenvalue weighted by Gasteiger charge is 2.19. The number of nitrogens with one attached hydrogen (secondary N) is 2. The van der Waals surface area contributed by atoms with Crippen LogP contribution in [0.25, 0.3) is 0 Å². The van der Waals surface area contributed by atoms with Gasteiger partial charge >= 0.3 is 11.2 Å². The van der Waals surface area contributed by atoms with Gasteiger partial charge in [0.05, 0.1) is 4.92 Å². The minimum absolute atomic E-state index is 0.0658.